The molecule has 6 N–H and O–H groups in total. The van der Waals surface area contributed by atoms with Gasteiger partial charge in [0, 0.05) is 23.5 Å². The first-order valence-corrected chi connectivity index (χ1v) is 20.3. The van der Waals surface area contributed by atoms with Gasteiger partial charge in [0.1, 0.15) is 23.3 Å². The van der Waals surface area contributed by atoms with Crippen molar-refractivity contribution in [2.75, 3.05) is 45.9 Å². The third-order valence-corrected chi connectivity index (χ3v) is 12.3. The van der Waals surface area contributed by atoms with E-state index in [1.165, 1.54) is 0 Å². The number of anilines is 5. The van der Waals surface area contributed by atoms with Crippen LogP contribution in [0, 0.1) is 5.92 Å². The molecule has 3 aromatic rings. The fourth-order valence-corrected chi connectivity index (χ4v) is 8.82. The van der Waals surface area contributed by atoms with E-state index in [1.807, 2.05) is 56.3 Å². The molecule has 3 atom stereocenters. The van der Waals surface area contributed by atoms with Crippen LogP contribution in [0.25, 0.3) is 0 Å². The highest BCUT2D eigenvalue weighted by Crippen LogP contribution is 2.49. The number of pyridine rings is 1. The molecule has 4 fully saturated rings. The Kier molecular flexibility index (Phi) is 11.9. The van der Waals surface area contributed by atoms with Crippen LogP contribution in [0.4, 0.5) is 41.7 Å². The molecule has 1 spiro atoms. The number of ether oxygens (including phenoxy) is 1. The minimum atomic E-state index is -4.75. The highest BCUT2D eigenvalue weighted by molar-refractivity contribution is 7.81. The van der Waals surface area contributed by atoms with Crippen LogP contribution in [0.15, 0.2) is 54.7 Å². The molecular formula is C41H49F3N8O5S. The molecule has 4 aliphatic rings. The maximum Gasteiger partial charge on any atom is 0.420 e. The number of alkyl halides is 3. The number of aliphatic hydroxyl groups excluding tert-OH is 1. The number of nitrogens with one attached hydrogen (secondary N) is 3. The number of nitrogens with two attached hydrogens (primary N) is 1. The van der Waals surface area contributed by atoms with Gasteiger partial charge in [-0.3, -0.25) is 24.2 Å². The summed E-state index contributed by atoms with van der Waals surface area (Å²) in [6.45, 7) is 5.97. The Bertz CT molecular complexity index is 2060. The second-order valence-electron chi connectivity index (χ2n) is 15.6. The molecule has 2 unspecified atom stereocenters. The van der Waals surface area contributed by atoms with Crippen LogP contribution in [-0.4, -0.2) is 81.4 Å². The lowest BCUT2D eigenvalue weighted by Gasteiger charge is -2.43. The Morgan fingerprint density at radius 2 is 1.84 bits per heavy atom. The summed E-state index contributed by atoms with van der Waals surface area (Å²) < 4.78 is 47.4. The number of aliphatic hydroxyl groups is 1. The van der Waals surface area contributed by atoms with Crippen molar-refractivity contribution in [3.63, 3.8) is 0 Å². The Hall–Kier alpha value is -5.00. The standard InChI is InChI=1S/C41H49F3N8O5S/c1-3-26-20-29(52-39(58)51(38(56)40(52)15-5-16-40)30-22-31(41(42,43)44)35(45)46-23-30)8-10-33(26)57-19-14-25-12-17-50(18-13-25)24(2)36(54)48-28-7-4-6-27(21-28)47-32-9-11-34(53)49-37(32)55/h4,6-8,10,20-25,32,37,47,55H,3,5,9,11-19H2,1-2H3,(H2,45,46)(H,48,54)(H,49,53)/t24-,32?,37?/m0/s1. The number of hydrogen-bond acceptors (Lipinski definition) is 10. The van der Waals surface area contributed by atoms with E-state index in [-0.39, 0.29) is 40.6 Å². The Labute approximate surface area is 340 Å². The minimum Gasteiger partial charge on any atom is -0.493 e. The van der Waals surface area contributed by atoms with Crippen LogP contribution in [0.3, 0.4) is 0 Å². The fourth-order valence-electron chi connectivity index (χ4n) is 8.35. The van der Waals surface area contributed by atoms with Crippen molar-refractivity contribution < 1.29 is 37.4 Å². The second kappa shape index (κ2) is 16.7. The average molecular weight is 823 g/mol. The molecule has 58 heavy (non-hydrogen) atoms. The molecule has 3 amide bonds. The van der Waals surface area contributed by atoms with E-state index in [0.717, 1.165) is 72.9 Å². The number of halogens is 3. The summed E-state index contributed by atoms with van der Waals surface area (Å²) in [4.78, 5) is 47.5. The van der Waals surface area contributed by atoms with Crippen LogP contribution in [0.2, 0.25) is 0 Å². The average Bonchev–Trinajstić information content (AvgIpc) is 3.42. The molecule has 17 heteroatoms. The molecule has 13 nitrogen and oxygen atoms in total. The predicted molar refractivity (Wildman–Crippen MR) is 218 cm³/mol. The quantitative estimate of drug-likeness (QED) is 0.140. The van der Waals surface area contributed by atoms with E-state index in [2.05, 4.69) is 25.8 Å². The summed E-state index contributed by atoms with van der Waals surface area (Å²) >= 11 is 5.79. The van der Waals surface area contributed by atoms with Crippen LogP contribution in [-0.2, 0) is 27.0 Å². The minimum absolute atomic E-state index is 0.0734. The number of thiocarbonyl (C=S) groups is 1. The first-order chi connectivity index (χ1) is 27.7. The molecular weight excluding hydrogens is 774 g/mol. The van der Waals surface area contributed by atoms with Gasteiger partial charge in [-0.1, -0.05) is 13.0 Å². The number of aryl methyl sites for hydroxylation is 1. The first kappa shape index (κ1) is 41.2. The molecule has 2 aromatic carbocycles. The van der Waals surface area contributed by atoms with Crippen molar-refractivity contribution in [3.8, 4) is 5.75 Å². The van der Waals surface area contributed by atoms with Gasteiger partial charge >= 0.3 is 6.18 Å². The molecule has 1 aromatic heterocycles. The lowest BCUT2D eigenvalue weighted by Crippen LogP contribution is -2.55. The normalized spacial score (nSPS) is 21.8. The lowest BCUT2D eigenvalue weighted by molar-refractivity contribution is -0.137. The van der Waals surface area contributed by atoms with E-state index in [4.69, 9.17) is 22.7 Å². The van der Waals surface area contributed by atoms with E-state index in [1.54, 1.807) is 4.90 Å². The first-order valence-electron chi connectivity index (χ1n) is 19.8. The Morgan fingerprint density at radius 3 is 2.52 bits per heavy atom. The summed E-state index contributed by atoms with van der Waals surface area (Å²) in [5, 5.41) is 19.1. The van der Waals surface area contributed by atoms with Crippen LogP contribution < -0.4 is 36.2 Å². The van der Waals surface area contributed by atoms with Gasteiger partial charge in [-0.2, -0.15) is 13.2 Å². The number of nitrogens with zero attached hydrogens (tertiary/aromatic N) is 4. The second-order valence-corrected chi connectivity index (χ2v) is 15.9. The zero-order valence-corrected chi connectivity index (χ0v) is 33.3. The Balaban J connectivity index is 0.915. The molecule has 3 aliphatic heterocycles. The van der Waals surface area contributed by atoms with Gasteiger partial charge < -0.3 is 36.4 Å². The summed E-state index contributed by atoms with van der Waals surface area (Å²) in [5.41, 5.74) is 6.33. The summed E-state index contributed by atoms with van der Waals surface area (Å²) in [5.74, 6) is -0.177. The van der Waals surface area contributed by atoms with Gasteiger partial charge in [-0.15, -0.1) is 0 Å². The number of piperidine rings is 2. The molecule has 1 saturated carbocycles. The molecule has 4 heterocycles. The number of carbonyl (C=O) groups is 3. The predicted octanol–water partition coefficient (Wildman–Crippen LogP) is 5.82. The van der Waals surface area contributed by atoms with Crippen molar-refractivity contribution in [3.05, 3.63) is 65.9 Å². The molecule has 7 rings (SSSR count). The number of benzene rings is 2. The smallest absolute Gasteiger partial charge is 0.420 e. The van der Waals surface area contributed by atoms with E-state index < -0.39 is 29.3 Å². The van der Waals surface area contributed by atoms with Crippen molar-refractivity contribution in [1.29, 1.82) is 0 Å². The van der Waals surface area contributed by atoms with Crippen LogP contribution >= 0.6 is 12.2 Å². The zero-order valence-electron chi connectivity index (χ0n) is 32.5. The summed E-state index contributed by atoms with van der Waals surface area (Å²) in [6.07, 6.45) is 1.40. The molecule has 310 valence electrons. The van der Waals surface area contributed by atoms with Gasteiger partial charge in [-0.05, 0) is 138 Å². The summed E-state index contributed by atoms with van der Waals surface area (Å²) in [7, 11) is 0. The van der Waals surface area contributed by atoms with E-state index in [9.17, 15) is 32.7 Å². The molecule has 0 bridgehead atoms. The largest absolute Gasteiger partial charge is 0.493 e. The lowest BCUT2D eigenvalue weighted by atomic mass is 9.75. The van der Waals surface area contributed by atoms with Crippen molar-refractivity contribution in [2.45, 2.75) is 102 Å². The van der Waals surface area contributed by atoms with Gasteiger partial charge in [0.05, 0.1) is 36.1 Å². The topological polar surface area (TPSA) is 165 Å². The van der Waals surface area contributed by atoms with Gasteiger partial charge in [-0.25, -0.2) is 4.98 Å². The maximum atomic E-state index is 13.9. The molecule has 3 saturated heterocycles. The third-order valence-electron chi connectivity index (χ3n) is 12.0. The number of carbonyl (C=O) groups excluding carboxylic acids is 3. The highest BCUT2D eigenvalue weighted by Gasteiger charge is 2.60. The number of hydrogen-bond donors (Lipinski definition) is 5. The number of rotatable bonds is 12. The Morgan fingerprint density at radius 1 is 1.10 bits per heavy atom. The summed E-state index contributed by atoms with van der Waals surface area (Å²) in [6, 6.07) is 13.1. The van der Waals surface area contributed by atoms with Crippen LogP contribution in [0.5, 0.6) is 5.75 Å². The third kappa shape index (κ3) is 8.29. The van der Waals surface area contributed by atoms with E-state index >= 15 is 0 Å². The fraction of sp³-hybridized carbons (Fsp3) is 0.488. The van der Waals surface area contributed by atoms with Crippen molar-refractivity contribution in [2.24, 2.45) is 5.92 Å². The van der Waals surface area contributed by atoms with E-state index in [0.29, 0.717) is 56.0 Å². The number of amides is 3. The maximum absolute atomic E-state index is 13.9. The number of nitrogen functional groups attached to an aromatic ring is 1. The molecule has 1 aliphatic carbocycles. The SMILES string of the molecule is CCc1cc(N2C(=S)N(c3cnc(N)c(C(F)(F)F)c3)C(=O)C23CCC3)ccc1OCCC1CCN([C@@H](C)C(=O)Nc2cccc(NC3CCC(=O)NC3O)c2)CC1. The van der Waals surface area contributed by atoms with Gasteiger partial charge in [0.15, 0.2) is 5.11 Å². The zero-order chi connectivity index (χ0) is 41.4. The van der Waals surface area contributed by atoms with Crippen molar-refractivity contribution >= 4 is 63.6 Å². The van der Waals surface area contributed by atoms with Crippen LogP contribution in [0.1, 0.15) is 76.3 Å². The number of likely N-dealkylation sites (tertiary alicyclic amines) is 1. The number of aromatic nitrogens is 1. The highest BCUT2D eigenvalue weighted by atomic mass is 32.1. The van der Waals surface area contributed by atoms with Gasteiger partial charge in [0.25, 0.3) is 5.91 Å². The molecule has 0 radical (unpaired) electrons. The monoisotopic (exact) mass is 822 g/mol. The van der Waals surface area contributed by atoms with Gasteiger partial charge in [0.2, 0.25) is 11.8 Å². The van der Waals surface area contributed by atoms with Crippen molar-refractivity contribution in [1.82, 2.24) is 15.2 Å².